The van der Waals surface area contributed by atoms with Gasteiger partial charge in [0, 0.05) is 32.6 Å². The van der Waals surface area contributed by atoms with Crippen LogP contribution in [0, 0.1) is 6.92 Å². The maximum Gasteiger partial charge on any atom is 0.261 e. The second kappa shape index (κ2) is 5.16. The Kier molecular flexibility index (Phi) is 3.81. The molecule has 5 heteroatoms. The Morgan fingerprint density at radius 2 is 2.29 bits per heavy atom. The summed E-state index contributed by atoms with van der Waals surface area (Å²) in [4.78, 5) is 12.5. The lowest BCUT2D eigenvalue weighted by Gasteiger charge is -2.31. The molecule has 1 amide bonds. The first-order valence-corrected chi connectivity index (χ1v) is 6.60. The molecule has 2 N–H and O–H groups in total. The Morgan fingerprint density at radius 3 is 2.88 bits per heavy atom. The van der Waals surface area contributed by atoms with E-state index in [1.807, 2.05) is 18.4 Å². The van der Waals surface area contributed by atoms with Gasteiger partial charge in [-0.05, 0) is 23.9 Å². The molecule has 94 valence electrons. The van der Waals surface area contributed by atoms with Gasteiger partial charge in [0.15, 0.2) is 0 Å². The highest BCUT2D eigenvalue weighted by Gasteiger charge is 2.30. The zero-order chi connectivity index (χ0) is 12.3. The highest BCUT2D eigenvalue weighted by Crippen LogP contribution is 2.20. The average molecular weight is 255 g/mol. The first-order valence-electron chi connectivity index (χ1n) is 5.73. The summed E-state index contributed by atoms with van der Waals surface area (Å²) in [6.07, 6.45) is 1.16. The third-order valence-electron chi connectivity index (χ3n) is 2.96. The van der Waals surface area contributed by atoms with E-state index in [9.17, 15) is 9.90 Å². The Bertz CT molecular complexity index is 396. The fourth-order valence-corrected chi connectivity index (χ4v) is 2.62. The molecule has 0 spiro atoms. The van der Waals surface area contributed by atoms with Crippen LogP contribution in [-0.2, 0) is 4.74 Å². The topological polar surface area (TPSA) is 58.6 Å². The van der Waals surface area contributed by atoms with E-state index in [0.29, 0.717) is 37.5 Å². The van der Waals surface area contributed by atoms with Crippen LogP contribution in [0.2, 0.25) is 0 Å². The first kappa shape index (κ1) is 12.5. The van der Waals surface area contributed by atoms with Gasteiger partial charge in [0.05, 0.1) is 10.5 Å². The molecule has 1 aromatic heterocycles. The van der Waals surface area contributed by atoms with Gasteiger partial charge in [-0.25, -0.2) is 0 Å². The van der Waals surface area contributed by atoms with Gasteiger partial charge in [-0.1, -0.05) is 0 Å². The van der Waals surface area contributed by atoms with Crippen LogP contribution in [-0.4, -0.2) is 36.4 Å². The molecule has 0 atom stereocenters. The summed E-state index contributed by atoms with van der Waals surface area (Å²) in [5, 5.41) is 14.9. The van der Waals surface area contributed by atoms with E-state index in [2.05, 4.69) is 5.32 Å². The van der Waals surface area contributed by atoms with Crippen LogP contribution in [0.4, 0.5) is 0 Å². The second-order valence-electron chi connectivity index (χ2n) is 4.51. The van der Waals surface area contributed by atoms with Gasteiger partial charge in [0.2, 0.25) is 0 Å². The smallest absolute Gasteiger partial charge is 0.261 e. The monoisotopic (exact) mass is 255 g/mol. The van der Waals surface area contributed by atoms with E-state index < -0.39 is 5.60 Å². The van der Waals surface area contributed by atoms with Crippen molar-refractivity contribution in [1.82, 2.24) is 5.32 Å². The molecule has 0 bridgehead atoms. The van der Waals surface area contributed by atoms with Gasteiger partial charge in [-0.15, -0.1) is 11.3 Å². The lowest BCUT2D eigenvalue weighted by atomic mass is 9.94. The van der Waals surface area contributed by atoms with Crippen molar-refractivity contribution in [3.63, 3.8) is 0 Å². The maximum absolute atomic E-state index is 11.8. The number of ether oxygens (including phenoxy) is 1. The van der Waals surface area contributed by atoms with Crippen molar-refractivity contribution in [2.75, 3.05) is 19.8 Å². The number of hydrogen-bond acceptors (Lipinski definition) is 4. The summed E-state index contributed by atoms with van der Waals surface area (Å²) < 4.78 is 5.19. The van der Waals surface area contributed by atoms with Crippen molar-refractivity contribution in [2.24, 2.45) is 0 Å². The quantitative estimate of drug-likeness (QED) is 0.856. The summed E-state index contributed by atoms with van der Waals surface area (Å²) in [6, 6.07) is 1.86. The van der Waals surface area contributed by atoms with Crippen molar-refractivity contribution in [3.05, 3.63) is 21.9 Å². The molecule has 0 saturated carbocycles. The van der Waals surface area contributed by atoms with Crippen molar-refractivity contribution >= 4 is 17.2 Å². The Hall–Kier alpha value is -0.910. The highest BCUT2D eigenvalue weighted by molar-refractivity contribution is 7.12. The highest BCUT2D eigenvalue weighted by atomic mass is 32.1. The van der Waals surface area contributed by atoms with Crippen molar-refractivity contribution in [1.29, 1.82) is 0 Å². The lowest BCUT2D eigenvalue weighted by molar-refractivity contribution is -0.0605. The molecule has 1 aromatic rings. The number of carbonyl (C=O) groups is 1. The summed E-state index contributed by atoms with van der Waals surface area (Å²) in [5.74, 6) is -0.108. The van der Waals surface area contributed by atoms with E-state index in [1.165, 1.54) is 11.3 Å². The van der Waals surface area contributed by atoms with E-state index in [-0.39, 0.29) is 5.91 Å². The zero-order valence-corrected chi connectivity index (χ0v) is 10.7. The maximum atomic E-state index is 11.8. The van der Waals surface area contributed by atoms with Crippen LogP contribution in [0.25, 0.3) is 0 Å². The number of aryl methyl sites for hydroxylation is 1. The summed E-state index contributed by atoms with van der Waals surface area (Å²) in [5.41, 5.74) is 0.283. The van der Waals surface area contributed by atoms with Gasteiger partial charge >= 0.3 is 0 Å². The molecule has 1 saturated heterocycles. The zero-order valence-electron chi connectivity index (χ0n) is 9.86. The Morgan fingerprint density at radius 1 is 1.59 bits per heavy atom. The van der Waals surface area contributed by atoms with Crippen LogP contribution in [0.1, 0.15) is 28.1 Å². The van der Waals surface area contributed by atoms with Gasteiger partial charge in [0.1, 0.15) is 0 Å². The minimum Gasteiger partial charge on any atom is -0.388 e. The van der Waals surface area contributed by atoms with E-state index in [1.54, 1.807) is 0 Å². The van der Waals surface area contributed by atoms with Gasteiger partial charge in [-0.2, -0.15) is 0 Å². The van der Waals surface area contributed by atoms with Crippen molar-refractivity contribution in [3.8, 4) is 0 Å². The number of carbonyl (C=O) groups excluding carboxylic acids is 1. The third-order valence-corrected chi connectivity index (χ3v) is 4.00. The molecule has 1 fully saturated rings. The number of amides is 1. The minimum absolute atomic E-state index is 0.108. The van der Waals surface area contributed by atoms with Gasteiger partial charge in [0.25, 0.3) is 5.91 Å². The van der Waals surface area contributed by atoms with Crippen molar-refractivity contribution in [2.45, 2.75) is 25.4 Å². The molecular formula is C12H17NO3S. The Balaban J connectivity index is 1.87. The van der Waals surface area contributed by atoms with Gasteiger partial charge in [-0.3, -0.25) is 4.79 Å². The SMILES string of the molecule is Cc1csc(C(=O)NCC2(O)CCOCC2)c1. The molecular weight excluding hydrogens is 238 g/mol. The van der Waals surface area contributed by atoms with Crippen LogP contribution in [0.5, 0.6) is 0 Å². The number of rotatable bonds is 3. The van der Waals surface area contributed by atoms with Crippen LogP contribution in [0.15, 0.2) is 11.4 Å². The van der Waals surface area contributed by atoms with Crippen LogP contribution in [0.3, 0.4) is 0 Å². The molecule has 0 radical (unpaired) electrons. The van der Waals surface area contributed by atoms with E-state index in [0.717, 1.165) is 5.56 Å². The number of aliphatic hydroxyl groups is 1. The summed E-state index contributed by atoms with van der Waals surface area (Å²) in [6.45, 7) is 3.38. The Labute approximate surface area is 105 Å². The summed E-state index contributed by atoms with van der Waals surface area (Å²) >= 11 is 1.42. The molecule has 0 unspecified atom stereocenters. The van der Waals surface area contributed by atoms with Crippen LogP contribution >= 0.6 is 11.3 Å². The predicted octanol–water partition coefficient (Wildman–Crippen LogP) is 1.33. The molecule has 2 rings (SSSR count). The number of thiophene rings is 1. The minimum atomic E-state index is -0.805. The molecule has 1 aliphatic heterocycles. The van der Waals surface area contributed by atoms with Gasteiger partial charge < -0.3 is 15.2 Å². The second-order valence-corrected chi connectivity index (χ2v) is 5.42. The molecule has 17 heavy (non-hydrogen) atoms. The first-order chi connectivity index (χ1) is 8.09. The molecule has 0 aromatic carbocycles. The third kappa shape index (κ3) is 3.28. The van der Waals surface area contributed by atoms with Crippen LogP contribution < -0.4 is 5.32 Å². The van der Waals surface area contributed by atoms with E-state index in [4.69, 9.17) is 4.74 Å². The largest absolute Gasteiger partial charge is 0.388 e. The average Bonchev–Trinajstić information content (AvgIpc) is 2.74. The lowest BCUT2D eigenvalue weighted by Crippen LogP contribution is -2.46. The number of hydrogen-bond donors (Lipinski definition) is 2. The predicted molar refractivity (Wildman–Crippen MR) is 66.4 cm³/mol. The normalized spacial score (nSPS) is 18.9. The molecule has 1 aliphatic rings. The number of nitrogens with one attached hydrogen (secondary N) is 1. The fraction of sp³-hybridized carbons (Fsp3) is 0.583. The van der Waals surface area contributed by atoms with E-state index >= 15 is 0 Å². The molecule has 4 nitrogen and oxygen atoms in total. The van der Waals surface area contributed by atoms with Crippen molar-refractivity contribution < 1.29 is 14.6 Å². The standard InChI is InChI=1S/C12H17NO3S/c1-9-6-10(17-7-9)11(14)13-8-12(15)2-4-16-5-3-12/h6-7,15H,2-5,8H2,1H3,(H,13,14). The summed E-state index contributed by atoms with van der Waals surface area (Å²) in [7, 11) is 0. The fourth-order valence-electron chi connectivity index (χ4n) is 1.81. The molecule has 0 aliphatic carbocycles. The molecule has 2 heterocycles.